The molecule has 2 atom stereocenters. The van der Waals surface area contributed by atoms with Gasteiger partial charge in [0.2, 0.25) is 10.0 Å². The minimum atomic E-state index is -3.96. The van der Waals surface area contributed by atoms with Crippen LogP contribution in [0.25, 0.3) is 0 Å². The third kappa shape index (κ3) is 3.73. The molecular formula is C19H19NO5S2. The zero-order chi connectivity index (χ0) is 19.7. The summed E-state index contributed by atoms with van der Waals surface area (Å²) < 4.78 is 33.8. The molecular weight excluding hydrogens is 386 g/mol. The van der Waals surface area contributed by atoms with Crippen LogP contribution >= 0.6 is 11.8 Å². The Labute approximate surface area is 162 Å². The topological polar surface area (TPSA) is 92.7 Å². The predicted octanol–water partition coefficient (Wildman–Crippen LogP) is 2.89. The lowest BCUT2D eigenvalue weighted by atomic mass is 9.87. The lowest BCUT2D eigenvalue weighted by Gasteiger charge is -2.33. The largest absolute Gasteiger partial charge is 0.497 e. The number of aryl methyl sites for hydroxylation is 1. The fraction of sp³-hybridized carbons (Fsp3) is 0.211. The van der Waals surface area contributed by atoms with Crippen LogP contribution in [-0.2, 0) is 20.4 Å². The van der Waals surface area contributed by atoms with Crippen molar-refractivity contribution in [1.82, 2.24) is 4.72 Å². The average Bonchev–Trinajstić information content (AvgIpc) is 3.06. The Morgan fingerprint density at radius 3 is 2.33 bits per heavy atom. The third-order valence-corrected chi connectivity index (χ3v) is 7.02. The summed E-state index contributed by atoms with van der Waals surface area (Å²) in [6, 6.07) is 13.1. The standard InChI is InChI=1S/C19H19NO5S2/c1-13-3-9-16(10-4-13)27(23,24)20-19(11-12-26-17(19)18(21)22)14-5-7-15(25-2)8-6-14/h3-12,17,20H,1-2H3,(H,21,22). The molecule has 0 aliphatic carbocycles. The molecule has 27 heavy (non-hydrogen) atoms. The van der Waals surface area contributed by atoms with Gasteiger partial charge in [0.15, 0.2) is 0 Å². The van der Waals surface area contributed by atoms with Gasteiger partial charge in [-0.05, 0) is 42.2 Å². The van der Waals surface area contributed by atoms with E-state index in [1.807, 2.05) is 6.92 Å². The zero-order valence-corrected chi connectivity index (χ0v) is 16.4. The lowest BCUT2D eigenvalue weighted by Crippen LogP contribution is -2.52. The molecule has 0 bridgehead atoms. The summed E-state index contributed by atoms with van der Waals surface area (Å²) in [6.45, 7) is 1.86. The van der Waals surface area contributed by atoms with Crippen LogP contribution in [0.5, 0.6) is 5.75 Å². The van der Waals surface area contributed by atoms with Gasteiger partial charge in [-0.25, -0.2) is 8.42 Å². The summed E-state index contributed by atoms with van der Waals surface area (Å²) >= 11 is 1.06. The Hall–Kier alpha value is -2.29. The maximum atomic E-state index is 13.0. The van der Waals surface area contributed by atoms with E-state index in [1.165, 1.54) is 19.2 Å². The molecule has 2 unspecified atom stereocenters. The van der Waals surface area contributed by atoms with E-state index in [0.717, 1.165) is 17.3 Å². The van der Waals surface area contributed by atoms with E-state index in [9.17, 15) is 18.3 Å². The number of carbonyl (C=O) groups is 1. The summed E-state index contributed by atoms with van der Waals surface area (Å²) in [5.74, 6) is -0.510. The molecule has 0 amide bonds. The molecule has 142 valence electrons. The van der Waals surface area contributed by atoms with Crippen molar-refractivity contribution >= 4 is 27.8 Å². The van der Waals surface area contributed by atoms with E-state index < -0.39 is 26.8 Å². The number of carboxylic acid groups (broad SMARTS) is 1. The molecule has 0 radical (unpaired) electrons. The number of carboxylic acids is 1. The van der Waals surface area contributed by atoms with E-state index in [0.29, 0.717) is 11.3 Å². The smallest absolute Gasteiger partial charge is 0.319 e. The molecule has 0 saturated carbocycles. The number of hydrogen-bond acceptors (Lipinski definition) is 5. The summed E-state index contributed by atoms with van der Waals surface area (Å²) in [6.07, 6.45) is 1.59. The van der Waals surface area contributed by atoms with Crippen LogP contribution in [0.1, 0.15) is 11.1 Å². The van der Waals surface area contributed by atoms with Crippen molar-refractivity contribution in [2.45, 2.75) is 22.6 Å². The molecule has 0 aromatic heterocycles. The van der Waals surface area contributed by atoms with Crippen LogP contribution in [0, 0.1) is 6.92 Å². The number of hydrogen-bond donors (Lipinski definition) is 2. The first kappa shape index (κ1) is 19.5. The first-order valence-corrected chi connectivity index (χ1v) is 10.5. The first-order valence-electron chi connectivity index (χ1n) is 8.10. The van der Waals surface area contributed by atoms with Crippen molar-refractivity contribution in [2.75, 3.05) is 7.11 Å². The van der Waals surface area contributed by atoms with Crippen LogP contribution in [0.2, 0.25) is 0 Å². The maximum Gasteiger partial charge on any atom is 0.319 e. The van der Waals surface area contributed by atoms with Gasteiger partial charge < -0.3 is 9.84 Å². The highest BCUT2D eigenvalue weighted by Crippen LogP contribution is 2.42. The highest BCUT2D eigenvalue weighted by Gasteiger charge is 2.49. The molecule has 2 aromatic rings. The number of benzene rings is 2. The summed E-state index contributed by atoms with van der Waals surface area (Å²) in [4.78, 5) is 11.9. The van der Waals surface area contributed by atoms with Crippen molar-refractivity contribution in [3.63, 3.8) is 0 Å². The molecule has 1 heterocycles. The fourth-order valence-electron chi connectivity index (χ4n) is 2.93. The second kappa shape index (κ2) is 7.38. The number of sulfonamides is 1. The fourth-order valence-corrected chi connectivity index (χ4v) is 5.42. The van der Waals surface area contributed by atoms with Crippen molar-refractivity contribution in [2.24, 2.45) is 0 Å². The van der Waals surface area contributed by atoms with Crippen molar-refractivity contribution < 1.29 is 23.1 Å². The molecule has 8 heteroatoms. The van der Waals surface area contributed by atoms with Crippen LogP contribution in [0.3, 0.4) is 0 Å². The number of methoxy groups -OCH3 is 1. The number of aliphatic carboxylic acids is 1. The number of ether oxygens (including phenoxy) is 1. The number of rotatable bonds is 6. The van der Waals surface area contributed by atoms with E-state index in [4.69, 9.17) is 4.74 Å². The zero-order valence-electron chi connectivity index (χ0n) is 14.7. The lowest BCUT2D eigenvalue weighted by molar-refractivity contribution is -0.137. The van der Waals surface area contributed by atoms with Gasteiger partial charge >= 0.3 is 5.97 Å². The van der Waals surface area contributed by atoms with Gasteiger partial charge in [0.25, 0.3) is 0 Å². The minimum Gasteiger partial charge on any atom is -0.497 e. The van der Waals surface area contributed by atoms with E-state index >= 15 is 0 Å². The average molecular weight is 405 g/mol. The van der Waals surface area contributed by atoms with Crippen LogP contribution in [-0.4, -0.2) is 31.9 Å². The van der Waals surface area contributed by atoms with Crippen molar-refractivity contribution in [3.8, 4) is 5.75 Å². The summed E-state index contributed by atoms with van der Waals surface area (Å²) in [5, 5.41) is 10.3. The molecule has 0 fully saturated rings. The van der Waals surface area contributed by atoms with Crippen LogP contribution in [0.4, 0.5) is 0 Å². The van der Waals surface area contributed by atoms with Gasteiger partial charge in [-0.2, -0.15) is 4.72 Å². The van der Waals surface area contributed by atoms with Gasteiger partial charge in [-0.3, -0.25) is 4.79 Å². The summed E-state index contributed by atoms with van der Waals surface area (Å²) in [7, 11) is -2.43. The second-order valence-corrected chi connectivity index (χ2v) is 8.87. The van der Waals surface area contributed by atoms with Gasteiger partial charge in [0, 0.05) is 0 Å². The van der Waals surface area contributed by atoms with Crippen molar-refractivity contribution in [3.05, 3.63) is 71.1 Å². The molecule has 6 nitrogen and oxygen atoms in total. The molecule has 0 saturated heterocycles. The van der Waals surface area contributed by atoms with Crippen LogP contribution < -0.4 is 9.46 Å². The summed E-state index contributed by atoms with van der Waals surface area (Å²) in [5.41, 5.74) is 0.0399. The van der Waals surface area contributed by atoms with Crippen LogP contribution in [0.15, 0.2) is 64.9 Å². The normalized spacial score (nSPS) is 21.9. The third-order valence-electron chi connectivity index (χ3n) is 4.39. The highest BCUT2D eigenvalue weighted by atomic mass is 32.2. The maximum absolute atomic E-state index is 13.0. The Balaban J connectivity index is 2.09. The van der Waals surface area contributed by atoms with E-state index in [-0.39, 0.29) is 4.90 Å². The van der Waals surface area contributed by atoms with Gasteiger partial charge in [0.05, 0.1) is 17.5 Å². The molecule has 1 aliphatic heterocycles. The second-order valence-electron chi connectivity index (χ2n) is 6.17. The Bertz CT molecular complexity index is 968. The predicted molar refractivity (Wildman–Crippen MR) is 104 cm³/mol. The molecule has 1 aliphatic rings. The SMILES string of the molecule is COc1ccc(C2(NS(=O)(=O)c3ccc(C)cc3)C=CSC2C(=O)O)cc1. The molecule has 2 N–H and O–H groups in total. The monoisotopic (exact) mass is 405 g/mol. The Kier molecular flexibility index (Phi) is 5.32. The van der Waals surface area contributed by atoms with E-state index in [1.54, 1.807) is 47.9 Å². The quantitative estimate of drug-likeness (QED) is 0.768. The highest BCUT2D eigenvalue weighted by molar-refractivity contribution is 8.03. The van der Waals surface area contributed by atoms with Gasteiger partial charge in [-0.1, -0.05) is 35.9 Å². The number of nitrogens with one attached hydrogen (secondary N) is 1. The van der Waals surface area contributed by atoms with Gasteiger partial charge in [-0.15, -0.1) is 11.8 Å². The molecule has 2 aromatic carbocycles. The van der Waals surface area contributed by atoms with Gasteiger partial charge in [0.1, 0.15) is 11.0 Å². The minimum absolute atomic E-state index is 0.0791. The Morgan fingerprint density at radius 1 is 1.15 bits per heavy atom. The van der Waals surface area contributed by atoms with Crippen molar-refractivity contribution in [1.29, 1.82) is 0 Å². The van der Waals surface area contributed by atoms with E-state index in [2.05, 4.69) is 4.72 Å². The molecule has 3 rings (SSSR count). The Morgan fingerprint density at radius 2 is 1.78 bits per heavy atom. The number of thioether (sulfide) groups is 1. The first-order chi connectivity index (χ1) is 12.8. The molecule has 0 spiro atoms.